The number of aromatic nitrogens is 1. The second-order valence-corrected chi connectivity index (χ2v) is 6.82. The second-order valence-electron chi connectivity index (χ2n) is 6.82. The van der Waals surface area contributed by atoms with Gasteiger partial charge in [-0.15, -0.1) is 0 Å². The van der Waals surface area contributed by atoms with Crippen LogP contribution in [0, 0.1) is 0 Å². The Morgan fingerprint density at radius 3 is 2.29 bits per heavy atom. The summed E-state index contributed by atoms with van der Waals surface area (Å²) in [4.78, 5) is 0. The minimum atomic E-state index is 0.220. The highest BCUT2D eigenvalue weighted by Gasteiger charge is 2.13. The van der Waals surface area contributed by atoms with E-state index in [1.165, 1.54) is 16.7 Å². The van der Waals surface area contributed by atoms with Crippen molar-refractivity contribution >= 4 is 0 Å². The molecule has 114 valence electrons. The van der Waals surface area contributed by atoms with Gasteiger partial charge in [-0.05, 0) is 42.0 Å². The van der Waals surface area contributed by atoms with Gasteiger partial charge in [0.15, 0.2) is 0 Å². The van der Waals surface area contributed by atoms with E-state index in [1.807, 2.05) is 0 Å². The molecule has 2 nitrogen and oxygen atoms in total. The molecule has 2 heteroatoms. The Balaban J connectivity index is 1.95. The normalized spacial score (nSPS) is 13.4. The van der Waals surface area contributed by atoms with Gasteiger partial charge in [-0.2, -0.15) is 0 Å². The number of hydrogen-bond acceptors (Lipinski definition) is 1. The third kappa shape index (κ3) is 4.21. The largest absolute Gasteiger partial charge is 0.354 e. The van der Waals surface area contributed by atoms with Gasteiger partial charge < -0.3 is 9.88 Å². The van der Waals surface area contributed by atoms with E-state index in [4.69, 9.17) is 0 Å². The summed E-state index contributed by atoms with van der Waals surface area (Å²) in [6, 6.07) is 11.5. The molecule has 2 rings (SSSR count). The highest BCUT2D eigenvalue weighted by Crippen LogP contribution is 2.24. The molecule has 0 saturated carbocycles. The molecule has 21 heavy (non-hydrogen) atoms. The first-order valence-electron chi connectivity index (χ1n) is 7.88. The highest BCUT2D eigenvalue weighted by molar-refractivity contribution is 5.29. The molecule has 0 spiro atoms. The van der Waals surface area contributed by atoms with Gasteiger partial charge in [-0.3, -0.25) is 0 Å². The summed E-state index contributed by atoms with van der Waals surface area (Å²) < 4.78 is 2.21. The van der Waals surface area contributed by atoms with E-state index in [0.29, 0.717) is 6.04 Å². The average Bonchev–Trinajstić information content (AvgIpc) is 2.92. The molecule has 0 bridgehead atoms. The number of aryl methyl sites for hydroxylation is 1. The molecule has 1 heterocycles. The lowest BCUT2D eigenvalue weighted by atomic mass is 9.86. The molecular formula is C19H28N2. The van der Waals surface area contributed by atoms with Crippen LogP contribution in [0.3, 0.4) is 0 Å². The van der Waals surface area contributed by atoms with Crippen LogP contribution in [0.1, 0.15) is 57.4 Å². The number of hydrogen-bond donors (Lipinski definition) is 1. The van der Waals surface area contributed by atoms with Crippen LogP contribution in [0.4, 0.5) is 0 Å². The number of benzene rings is 1. The average molecular weight is 284 g/mol. The number of nitrogens with one attached hydrogen (secondary N) is 1. The molecule has 0 amide bonds. The number of rotatable bonds is 5. The van der Waals surface area contributed by atoms with Gasteiger partial charge in [0.05, 0.1) is 0 Å². The lowest BCUT2D eigenvalue weighted by Gasteiger charge is -2.20. The summed E-state index contributed by atoms with van der Waals surface area (Å²) in [5.74, 6) is 0. The molecule has 1 atom stereocenters. The van der Waals surface area contributed by atoms with Crippen molar-refractivity contribution in [3.63, 3.8) is 0 Å². The molecule has 1 aromatic heterocycles. The van der Waals surface area contributed by atoms with Crippen LogP contribution in [0.25, 0.3) is 0 Å². The topological polar surface area (TPSA) is 17.0 Å². The predicted molar refractivity (Wildman–Crippen MR) is 90.5 cm³/mol. The molecule has 0 saturated heterocycles. The van der Waals surface area contributed by atoms with Gasteiger partial charge in [0, 0.05) is 31.5 Å². The summed E-state index contributed by atoms with van der Waals surface area (Å²) in [6.45, 7) is 13.1. The van der Waals surface area contributed by atoms with E-state index in [0.717, 1.165) is 13.1 Å². The fourth-order valence-corrected chi connectivity index (χ4v) is 2.45. The van der Waals surface area contributed by atoms with Gasteiger partial charge in [0.1, 0.15) is 0 Å². The summed E-state index contributed by atoms with van der Waals surface area (Å²) in [7, 11) is 0. The minimum absolute atomic E-state index is 0.220. The van der Waals surface area contributed by atoms with E-state index >= 15 is 0 Å². The Kier molecular flexibility index (Phi) is 4.89. The third-order valence-corrected chi connectivity index (χ3v) is 4.07. The Bertz CT molecular complexity index is 558. The summed E-state index contributed by atoms with van der Waals surface area (Å²) >= 11 is 0. The summed E-state index contributed by atoms with van der Waals surface area (Å²) in [5.41, 5.74) is 4.30. The molecule has 1 N–H and O–H groups in total. The second kappa shape index (κ2) is 6.48. The molecule has 1 unspecified atom stereocenters. The van der Waals surface area contributed by atoms with Crippen molar-refractivity contribution in [1.29, 1.82) is 0 Å². The van der Waals surface area contributed by atoms with Crippen LogP contribution < -0.4 is 5.32 Å². The van der Waals surface area contributed by atoms with E-state index in [9.17, 15) is 0 Å². The van der Waals surface area contributed by atoms with E-state index in [-0.39, 0.29) is 5.41 Å². The van der Waals surface area contributed by atoms with Crippen LogP contribution in [0.5, 0.6) is 0 Å². The van der Waals surface area contributed by atoms with Crippen molar-refractivity contribution in [3.8, 4) is 0 Å². The van der Waals surface area contributed by atoms with Crippen LogP contribution in [-0.4, -0.2) is 4.57 Å². The zero-order chi connectivity index (χ0) is 15.5. The van der Waals surface area contributed by atoms with Crippen molar-refractivity contribution < 1.29 is 0 Å². The lowest BCUT2D eigenvalue weighted by Crippen LogP contribution is -2.18. The minimum Gasteiger partial charge on any atom is -0.354 e. The Morgan fingerprint density at radius 1 is 1.10 bits per heavy atom. The fourth-order valence-electron chi connectivity index (χ4n) is 2.45. The quantitative estimate of drug-likeness (QED) is 0.845. The van der Waals surface area contributed by atoms with Gasteiger partial charge in [-0.25, -0.2) is 0 Å². The van der Waals surface area contributed by atoms with Crippen molar-refractivity contribution in [1.82, 2.24) is 9.88 Å². The first-order chi connectivity index (χ1) is 9.90. The molecule has 2 aromatic rings. The number of nitrogens with zero attached hydrogens (tertiary/aromatic N) is 1. The smallest absolute Gasteiger partial charge is 0.0294 e. The third-order valence-electron chi connectivity index (χ3n) is 4.07. The molecule has 0 aliphatic carbocycles. The predicted octanol–water partition coefficient (Wildman–Crippen LogP) is 4.66. The van der Waals surface area contributed by atoms with Crippen LogP contribution in [-0.2, 0) is 18.5 Å². The van der Waals surface area contributed by atoms with Crippen LogP contribution >= 0.6 is 0 Å². The molecular weight excluding hydrogens is 256 g/mol. The van der Waals surface area contributed by atoms with Crippen molar-refractivity contribution in [2.45, 2.75) is 59.2 Å². The highest BCUT2D eigenvalue weighted by atomic mass is 14.9. The molecule has 0 radical (unpaired) electrons. The van der Waals surface area contributed by atoms with Crippen molar-refractivity contribution in [2.75, 3.05) is 0 Å². The molecule has 1 aromatic carbocycles. The molecule has 0 aliphatic heterocycles. The molecule has 0 fully saturated rings. The lowest BCUT2D eigenvalue weighted by molar-refractivity contribution is 0.569. The monoisotopic (exact) mass is 284 g/mol. The molecule has 0 aliphatic rings. The van der Waals surface area contributed by atoms with Gasteiger partial charge in [0.25, 0.3) is 0 Å². The Hall–Kier alpha value is -1.54. The zero-order valence-corrected chi connectivity index (χ0v) is 14.0. The summed E-state index contributed by atoms with van der Waals surface area (Å²) in [5, 5.41) is 3.60. The first-order valence-corrected chi connectivity index (χ1v) is 7.88. The van der Waals surface area contributed by atoms with Gasteiger partial charge in [-0.1, -0.05) is 45.0 Å². The van der Waals surface area contributed by atoms with Crippen LogP contribution in [0.15, 0.2) is 42.7 Å². The standard InChI is InChI=1S/C19H28N2/c1-6-21-12-11-16(14-21)13-20-15(2)17-7-9-18(10-8-17)19(3,4)5/h7-12,14-15,20H,6,13H2,1-5H3. The van der Waals surface area contributed by atoms with Crippen molar-refractivity contribution in [3.05, 3.63) is 59.4 Å². The van der Waals surface area contributed by atoms with E-state index in [1.54, 1.807) is 0 Å². The van der Waals surface area contributed by atoms with Gasteiger partial charge >= 0.3 is 0 Å². The van der Waals surface area contributed by atoms with E-state index in [2.05, 4.69) is 87.2 Å². The Morgan fingerprint density at radius 2 is 1.76 bits per heavy atom. The zero-order valence-electron chi connectivity index (χ0n) is 14.0. The summed E-state index contributed by atoms with van der Waals surface area (Å²) in [6.07, 6.45) is 4.35. The SMILES string of the molecule is CCn1ccc(CNC(C)c2ccc(C(C)(C)C)cc2)c1. The maximum atomic E-state index is 3.60. The first kappa shape index (κ1) is 15.8. The van der Waals surface area contributed by atoms with Crippen molar-refractivity contribution in [2.24, 2.45) is 0 Å². The van der Waals surface area contributed by atoms with Crippen LogP contribution in [0.2, 0.25) is 0 Å². The Labute approximate surface area is 129 Å². The maximum Gasteiger partial charge on any atom is 0.0294 e. The van der Waals surface area contributed by atoms with E-state index < -0.39 is 0 Å². The maximum absolute atomic E-state index is 3.60. The van der Waals surface area contributed by atoms with Gasteiger partial charge in [0.2, 0.25) is 0 Å². The fraction of sp³-hybridized carbons (Fsp3) is 0.474.